The third kappa shape index (κ3) is 10.6. The van der Waals surface area contributed by atoms with Crippen LogP contribution in [-0.4, -0.2) is 14.9 Å². The monoisotopic (exact) mass is 345 g/mol. The van der Waals surface area contributed by atoms with Crippen molar-refractivity contribution < 1.29 is 22.0 Å². The van der Waals surface area contributed by atoms with Crippen molar-refractivity contribution in [1.82, 2.24) is 4.98 Å². The van der Waals surface area contributed by atoms with Crippen molar-refractivity contribution in [3.05, 3.63) is 29.6 Å². The van der Waals surface area contributed by atoms with E-state index in [9.17, 15) is 22.0 Å². The van der Waals surface area contributed by atoms with Gasteiger partial charge in [-0.05, 0) is 48.7 Å². The minimum absolute atomic E-state index is 0.287. The van der Waals surface area contributed by atoms with Crippen LogP contribution in [-0.2, 0) is 12.6 Å². The maximum Gasteiger partial charge on any atom is 0.433 e. The lowest BCUT2D eigenvalue weighted by molar-refractivity contribution is -0.141. The molecule has 1 aromatic rings. The maximum absolute atomic E-state index is 12.2. The van der Waals surface area contributed by atoms with Gasteiger partial charge in [0.15, 0.2) is 0 Å². The molecule has 0 aliphatic heterocycles. The molecule has 0 aliphatic rings. The van der Waals surface area contributed by atoms with Crippen LogP contribution < -0.4 is 0 Å². The van der Waals surface area contributed by atoms with E-state index in [0.29, 0.717) is 29.7 Å². The largest absolute Gasteiger partial charge is 0.433 e. The molecule has 1 aromatic heterocycles. The first-order valence-electron chi connectivity index (χ1n) is 5.99. The van der Waals surface area contributed by atoms with Gasteiger partial charge in [0.2, 0.25) is 0 Å². The summed E-state index contributed by atoms with van der Waals surface area (Å²) in [6.07, 6.45) is -2.49. The van der Waals surface area contributed by atoms with Crippen LogP contribution >= 0.6 is 24.0 Å². The maximum atomic E-state index is 12.2. The van der Waals surface area contributed by atoms with Gasteiger partial charge in [-0.2, -0.15) is 22.0 Å². The zero-order valence-electron chi connectivity index (χ0n) is 11.7. The van der Waals surface area contributed by atoms with Crippen LogP contribution in [0.15, 0.2) is 18.3 Å². The van der Waals surface area contributed by atoms with Gasteiger partial charge in [0.25, 0.3) is 5.76 Å². The number of nitrogens with zero attached hydrogens (tertiary/aromatic N) is 1. The third-order valence-electron chi connectivity index (χ3n) is 2.01. The molecule has 0 saturated carbocycles. The molecule has 120 valence electrons. The Morgan fingerprint density at radius 3 is 2.24 bits per heavy atom. The summed E-state index contributed by atoms with van der Waals surface area (Å²) in [5.41, 5.74) is -0.127. The lowest BCUT2D eigenvalue weighted by Crippen LogP contribution is -2.08. The van der Waals surface area contributed by atoms with Crippen LogP contribution in [0.5, 0.6) is 0 Å². The van der Waals surface area contributed by atoms with Gasteiger partial charge in [-0.1, -0.05) is 26.1 Å². The van der Waals surface area contributed by atoms with Gasteiger partial charge in [0, 0.05) is 6.20 Å². The van der Waals surface area contributed by atoms with Crippen molar-refractivity contribution in [2.75, 3.05) is 0 Å². The Morgan fingerprint density at radius 1 is 1.33 bits per heavy atom. The fraction of sp³-hybridized carbons (Fsp3) is 0.538. The summed E-state index contributed by atoms with van der Waals surface area (Å²) in [5.74, 6) is -2.00. The number of alkyl halides is 5. The molecule has 0 bridgehead atoms. The number of thioether (sulfide) groups is 1. The van der Waals surface area contributed by atoms with Gasteiger partial charge >= 0.3 is 6.18 Å². The average molecular weight is 345 g/mol. The summed E-state index contributed by atoms with van der Waals surface area (Å²) in [4.78, 5) is 3.29. The number of hydrogen-bond donors (Lipinski definition) is 0. The van der Waals surface area contributed by atoms with Crippen LogP contribution in [0, 0.1) is 5.92 Å². The van der Waals surface area contributed by atoms with Crippen molar-refractivity contribution in [1.29, 1.82) is 0 Å². The van der Waals surface area contributed by atoms with Crippen LogP contribution in [0.3, 0.4) is 0 Å². The van der Waals surface area contributed by atoms with Gasteiger partial charge in [-0.25, -0.2) is 0 Å². The molecule has 1 heterocycles. The van der Waals surface area contributed by atoms with Gasteiger partial charge in [-0.15, -0.1) is 0 Å². The molecule has 0 radical (unpaired) electrons. The minimum Gasteiger partial charge on any atom is -0.252 e. The van der Waals surface area contributed by atoms with Crippen molar-refractivity contribution in [3.8, 4) is 0 Å². The minimum atomic E-state index is -4.34. The van der Waals surface area contributed by atoms with Gasteiger partial charge < -0.3 is 0 Å². The second-order valence-electron chi connectivity index (χ2n) is 4.52. The Balaban J connectivity index is 0.000000486. The molecular formula is C13H16F5NS2. The summed E-state index contributed by atoms with van der Waals surface area (Å²) in [6, 6.07) is 2.73. The van der Waals surface area contributed by atoms with Gasteiger partial charge in [-0.3, -0.25) is 4.98 Å². The fourth-order valence-electron chi connectivity index (χ4n) is 1.35. The third-order valence-corrected chi connectivity index (χ3v) is 2.81. The number of rotatable bonds is 3. The summed E-state index contributed by atoms with van der Waals surface area (Å²) in [5, 5.41) is 0. The van der Waals surface area contributed by atoms with Crippen LogP contribution in [0.25, 0.3) is 0 Å². The van der Waals surface area contributed by atoms with Crippen LogP contribution in [0.4, 0.5) is 22.0 Å². The van der Waals surface area contributed by atoms with E-state index in [1.807, 2.05) is 13.8 Å². The van der Waals surface area contributed by atoms with Crippen molar-refractivity contribution in [2.45, 2.75) is 39.1 Å². The first-order chi connectivity index (χ1) is 9.52. The zero-order chi connectivity index (χ0) is 16.6. The molecule has 21 heavy (non-hydrogen) atoms. The molecule has 0 aromatic carbocycles. The van der Waals surface area contributed by atoms with Gasteiger partial charge in [0.1, 0.15) is 5.69 Å². The van der Waals surface area contributed by atoms with Crippen molar-refractivity contribution in [3.63, 3.8) is 0 Å². The Labute approximate surface area is 130 Å². The Hall–Kier alpha value is -0.760. The predicted molar refractivity (Wildman–Crippen MR) is 79.6 cm³/mol. The Kier molecular flexibility index (Phi) is 8.96. The highest BCUT2D eigenvalue weighted by atomic mass is 32.2. The number of pyridine rings is 1. The fourth-order valence-corrected chi connectivity index (χ4v) is 1.82. The lowest BCUT2D eigenvalue weighted by Gasteiger charge is -2.08. The van der Waals surface area contributed by atoms with E-state index in [0.717, 1.165) is 6.07 Å². The van der Waals surface area contributed by atoms with E-state index in [1.54, 1.807) is 6.07 Å². The Bertz CT molecular complexity index is 446. The molecule has 1 rings (SSSR count). The molecule has 0 saturated heterocycles. The van der Waals surface area contributed by atoms with E-state index >= 15 is 0 Å². The standard InChI is InChI=1S/C10H12F3N.C3H4F2S2/c1-7(2)5-8-3-4-14-9(6-8)10(11,12)13;1-2(6)7-3(4)5/h3-4,6-7H,5H2,1-2H3;3H,1H3. The van der Waals surface area contributed by atoms with E-state index in [2.05, 4.69) is 17.2 Å². The topological polar surface area (TPSA) is 12.9 Å². The number of hydrogen-bond acceptors (Lipinski definition) is 3. The summed E-state index contributed by atoms with van der Waals surface area (Å²) in [7, 11) is 0. The molecule has 0 spiro atoms. The molecule has 0 fully saturated rings. The number of thiocarbonyl (C=S) groups is 1. The van der Waals surface area contributed by atoms with E-state index < -0.39 is 17.6 Å². The van der Waals surface area contributed by atoms with E-state index in [-0.39, 0.29) is 4.20 Å². The highest BCUT2D eigenvalue weighted by molar-refractivity contribution is 8.23. The number of halogens is 5. The summed E-state index contributed by atoms with van der Waals surface area (Å²) < 4.78 is 59.3. The lowest BCUT2D eigenvalue weighted by atomic mass is 10.0. The molecule has 0 N–H and O–H groups in total. The second kappa shape index (κ2) is 9.30. The van der Waals surface area contributed by atoms with Gasteiger partial charge in [0.05, 0.1) is 4.20 Å². The van der Waals surface area contributed by atoms with E-state index in [1.165, 1.54) is 13.1 Å². The second-order valence-corrected chi connectivity index (χ2v) is 6.59. The normalized spacial score (nSPS) is 11.3. The molecule has 0 unspecified atom stereocenters. The first kappa shape index (κ1) is 20.2. The number of aromatic nitrogens is 1. The predicted octanol–water partition coefficient (Wildman–Crippen LogP) is 5.59. The molecule has 8 heteroatoms. The molecule has 0 aliphatic carbocycles. The highest BCUT2D eigenvalue weighted by Crippen LogP contribution is 2.28. The quantitative estimate of drug-likeness (QED) is 0.524. The Morgan fingerprint density at radius 2 is 1.90 bits per heavy atom. The molecule has 0 atom stereocenters. The molecular weight excluding hydrogens is 329 g/mol. The summed E-state index contributed by atoms with van der Waals surface area (Å²) >= 11 is 4.76. The molecule has 0 amide bonds. The average Bonchev–Trinajstić information content (AvgIpc) is 2.26. The smallest absolute Gasteiger partial charge is 0.252 e. The van der Waals surface area contributed by atoms with E-state index in [4.69, 9.17) is 0 Å². The van der Waals surface area contributed by atoms with Crippen LogP contribution in [0.1, 0.15) is 32.0 Å². The summed E-state index contributed by atoms with van der Waals surface area (Å²) in [6.45, 7) is 5.41. The zero-order valence-corrected chi connectivity index (χ0v) is 13.4. The SMILES string of the molecule is CC(=S)SC(F)F.CC(C)Cc1ccnc(C(F)(F)F)c1. The van der Waals surface area contributed by atoms with Crippen LogP contribution in [0.2, 0.25) is 0 Å². The first-order valence-corrected chi connectivity index (χ1v) is 7.28. The van der Waals surface area contributed by atoms with Crippen molar-refractivity contribution >= 4 is 28.2 Å². The highest BCUT2D eigenvalue weighted by Gasteiger charge is 2.32. The van der Waals surface area contributed by atoms with Crippen molar-refractivity contribution in [2.24, 2.45) is 5.92 Å². The molecule has 1 nitrogen and oxygen atoms in total.